The first-order valence-electron chi connectivity index (χ1n) is 10.7. The van der Waals surface area contributed by atoms with E-state index in [4.69, 9.17) is 5.11 Å². The van der Waals surface area contributed by atoms with Gasteiger partial charge in [0.2, 0.25) is 5.91 Å². The van der Waals surface area contributed by atoms with Gasteiger partial charge in [0, 0.05) is 25.6 Å². The summed E-state index contributed by atoms with van der Waals surface area (Å²) in [6, 6.07) is 9.92. The Morgan fingerprint density at radius 1 is 0.931 bits per heavy atom. The standard InChI is InChI=1S/C23H35NO4S/c1-19(25)29-18-21(17-20-13-9-8-10-14-20)23(28)24-16-12-7-5-3-2-4-6-11-15-22(26)27/h8-10,13-14,21H,2-7,11-12,15-18H2,1H3,(H,24,28)(H,26,27). The fourth-order valence-electron chi connectivity index (χ4n) is 3.16. The van der Waals surface area contributed by atoms with Gasteiger partial charge in [-0.2, -0.15) is 0 Å². The molecule has 0 saturated heterocycles. The molecule has 5 nitrogen and oxygen atoms in total. The largest absolute Gasteiger partial charge is 0.481 e. The maximum Gasteiger partial charge on any atom is 0.303 e. The van der Waals surface area contributed by atoms with E-state index in [2.05, 4.69) is 5.32 Å². The topological polar surface area (TPSA) is 83.5 Å². The van der Waals surface area contributed by atoms with Crippen LogP contribution in [0.4, 0.5) is 0 Å². The van der Waals surface area contributed by atoms with Crippen LogP contribution in [0.5, 0.6) is 0 Å². The van der Waals surface area contributed by atoms with Gasteiger partial charge in [-0.05, 0) is 24.8 Å². The lowest BCUT2D eigenvalue weighted by molar-refractivity contribution is -0.137. The molecule has 0 bridgehead atoms. The van der Waals surface area contributed by atoms with Gasteiger partial charge in [0.1, 0.15) is 0 Å². The summed E-state index contributed by atoms with van der Waals surface area (Å²) in [7, 11) is 0. The van der Waals surface area contributed by atoms with Crippen LogP contribution >= 0.6 is 11.8 Å². The molecule has 0 aromatic heterocycles. The lowest BCUT2D eigenvalue weighted by Gasteiger charge is -2.16. The third-order valence-electron chi connectivity index (χ3n) is 4.80. The smallest absolute Gasteiger partial charge is 0.303 e. The maximum atomic E-state index is 12.6. The highest BCUT2D eigenvalue weighted by atomic mass is 32.2. The van der Waals surface area contributed by atoms with Crippen LogP contribution in [0.25, 0.3) is 0 Å². The van der Waals surface area contributed by atoms with Gasteiger partial charge in [-0.1, -0.05) is 80.6 Å². The molecule has 1 aromatic carbocycles. The summed E-state index contributed by atoms with van der Waals surface area (Å²) in [5.74, 6) is -0.367. The molecule has 0 aliphatic rings. The average Bonchev–Trinajstić information content (AvgIpc) is 2.69. The molecule has 2 N–H and O–H groups in total. The first-order chi connectivity index (χ1) is 14.0. The number of nitrogens with one attached hydrogen (secondary N) is 1. The fraction of sp³-hybridized carbons (Fsp3) is 0.609. The van der Waals surface area contributed by atoms with E-state index in [0.29, 0.717) is 18.7 Å². The number of unbranched alkanes of at least 4 members (excludes halogenated alkanes) is 7. The van der Waals surface area contributed by atoms with Crippen molar-refractivity contribution in [3.8, 4) is 0 Å². The van der Waals surface area contributed by atoms with Crippen LogP contribution in [0.1, 0.15) is 70.3 Å². The predicted molar refractivity (Wildman–Crippen MR) is 119 cm³/mol. The number of hydrogen-bond acceptors (Lipinski definition) is 4. The second-order valence-electron chi connectivity index (χ2n) is 7.45. The Bertz CT molecular complexity index is 606. The Kier molecular flexibility index (Phi) is 13.9. The Balaban J connectivity index is 2.17. The Morgan fingerprint density at radius 3 is 2.10 bits per heavy atom. The van der Waals surface area contributed by atoms with Crippen molar-refractivity contribution in [1.82, 2.24) is 5.32 Å². The van der Waals surface area contributed by atoms with Crippen LogP contribution in [0, 0.1) is 5.92 Å². The van der Waals surface area contributed by atoms with Crippen LogP contribution in [0.15, 0.2) is 30.3 Å². The zero-order valence-corrected chi connectivity index (χ0v) is 18.3. The minimum atomic E-state index is -0.710. The van der Waals surface area contributed by atoms with Crippen molar-refractivity contribution in [3.05, 3.63) is 35.9 Å². The molecule has 0 radical (unpaired) electrons. The summed E-state index contributed by atoms with van der Waals surface area (Å²) in [5, 5.41) is 11.7. The summed E-state index contributed by atoms with van der Waals surface area (Å²) >= 11 is 1.21. The molecule has 1 amide bonds. The van der Waals surface area contributed by atoms with Crippen LogP contribution in [-0.2, 0) is 20.8 Å². The zero-order valence-electron chi connectivity index (χ0n) is 17.5. The van der Waals surface area contributed by atoms with Crippen molar-refractivity contribution >= 4 is 28.8 Å². The molecule has 0 fully saturated rings. The zero-order chi connectivity index (χ0) is 21.3. The monoisotopic (exact) mass is 421 g/mol. The van der Waals surface area contributed by atoms with Crippen LogP contribution in [0.2, 0.25) is 0 Å². The number of hydrogen-bond donors (Lipinski definition) is 2. The van der Waals surface area contributed by atoms with Crippen molar-refractivity contribution in [2.24, 2.45) is 5.92 Å². The first-order valence-corrected chi connectivity index (χ1v) is 11.6. The van der Waals surface area contributed by atoms with Crippen LogP contribution < -0.4 is 5.32 Å². The van der Waals surface area contributed by atoms with E-state index >= 15 is 0 Å². The molecular formula is C23H35NO4S. The van der Waals surface area contributed by atoms with Crippen LogP contribution in [0.3, 0.4) is 0 Å². The van der Waals surface area contributed by atoms with Gasteiger partial charge in [0.25, 0.3) is 0 Å². The summed E-state index contributed by atoms with van der Waals surface area (Å²) < 4.78 is 0. The fourth-order valence-corrected chi connectivity index (χ4v) is 3.87. The molecule has 0 heterocycles. The van der Waals surface area contributed by atoms with E-state index in [9.17, 15) is 14.4 Å². The molecule has 1 aromatic rings. The molecule has 1 atom stereocenters. The number of carboxylic acids is 1. The van der Waals surface area contributed by atoms with Gasteiger partial charge in [0.15, 0.2) is 5.12 Å². The summed E-state index contributed by atoms with van der Waals surface area (Å²) in [6.07, 6.45) is 9.27. The highest BCUT2D eigenvalue weighted by Gasteiger charge is 2.19. The second-order valence-corrected chi connectivity index (χ2v) is 8.65. The summed E-state index contributed by atoms with van der Waals surface area (Å²) in [4.78, 5) is 34.3. The maximum absolute atomic E-state index is 12.6. The normalized spacial score (nSPS) is 11.8. The van der Waals surface area contributed by atoms with E-state index in [1.807, 2.05) is 30.3 Å². The minimum absolute atomic E-state index is 0.0287. The molecule has 0 aliphatic heterocycles. The SMILES string of the molecule is CC(=O)SCC(Cc1ccccc1)C(=O)NCCCCCCCCCCC(=O)O. The third-order valence-corrected chi connectivity index (χ3v) is 5.78. The molecule has 162 valence electrons. The molecule has 0 saturated carbocycles. The van der Waals surface area contributed by atoms with Gasteiger partial charge >= 0.3 is 5.97 Å². The summed E-state index contributed by atoms with van der Waals surface area (Å²) in [6.45, 7) is 2.21. The van der Waals surface area contributed by atoms with Gasteiger partial charge in [-0.3, -0.25) is 14.4 Å². The molecule has 1 unspecified atom stereocenters. The molecular weight excluding hydrogens is 386 g/mol. The highest BCUT2D eigenvalue weighted by molar-refractivity contribution is 8.13. The number of aliphatic carboxylic acids is 1. The molecule has 0 spiro atoms. The van der Waals surface area contributed by atoms with Crippen molar-refractivity contribution in [2.75, 3.05) is 12.3 Å². The first kappa shape index (κ1) is 25.2. The Labute approximate surface area is 179 Å². The van der Waals surface area contributed by atoms with Gasteiger partial charge in [0.05, 0.1) is 5.92 Å². The number of rotatable bonds is 16. The molecule has 29 heavy (non-hydrogen) atoms. The van der Waals surface area contributed by atoms with E-state index in [-0.39, 0.29) is 23.4 Å². The van der Waals surface area contributed by atoms with Crippen molar-refractivity contribution in [3.63, 3.8) is 0 Å². The van der Waals surface area contributed by atoms with E-state index in [1.54, 1.807) is 0 Å². The number of carboxylic acid groups (broad SMARTS) is 1. The molecule has 6 heteroatoms. The Morgan fingerprint density at radius 2 is 1.52 bits per heavy atom. The highest BCUT2D eigenvalue weighted by Crippen LogP contribution is 2.16. The predicted octanol–water partition coefficient (Wildman–Crippen LogP) is 4.84. The summed E-state index contributed by atoms with van der Waals surface area (Å²) in [5.41, 5.74) is 1.11. The number of carbonyl (C=O) groups excluding carboxylic acids is 2. The third kappa shape index (κ3) is 13.9. The minimum Gasteiger partial charge on any atom is -0.481 e. The molecule has 1 rings (SSSR count). The van der Waals surface area contributed by atoms with Gasteiger partial charge in [-0.15, -0.1) is 0 Å². The van der Waals surface area contributed by atoms with Gasteiger partial charge in [-0.25, -0.2) is 0 Å². The quantitative estimate of drug-likeness (QED) is 0.373. The second kappa shape index (κ2) is 16.0. The average molecular weight is 422 g/mol. The molecule has 0 aliphatic carbocycles. The number of benzene rings is 1. The van der Waals surface area contributed by atoms with Crippen LogP contribution in [-0.4, -0.2) is 34.4 Å². The van der Waals surface area contributed by atoms with Crippen molar-refractivity contribution in [1.29, 1.82) is 0 Å². The number of thioether (sulfide) groups is 1. The van der Waals surface area contributed by atoms with E-state index in [1.165, 1.54) is 18.7 Å². The number of carbonyl (C=O) groups is 3. The van der Waals surface area contributed by atoms with E-state index in [0.717, 1.165) is 56.9 Å². The van der Waals surface area contributed by atoms with Gasteiger partial charge < -0.3 is 10.4 Å². The Hall–Kier alpha value is -1.82. The lowest BCUT2D eigenvalue weighted by Crippen LogP contribution is -2.34. The van der Waals surface area contributed by atoms with E-state index < -0.39 is 5.97 Å². The van der Waals surface area contributed by atoms with Crippen molar-refractivity contribution < 1.29 is 19.5 Å². The lowest BCUT2D eigenvalue weighted by atomic mass is 10.00. The number of amides is 1. The van der Waals surface area contributed by atoms with Crippen molar-refractivity contribution in [2.45, 2.75) is 71.1 Å².